The van der Waals surface area contributed by atoms with Crippen LogP contribution in [0.4, 0.5) is 0 Å². The summed E-state index contributed by atoms with van der Waals surface area (Å²) in [5.74, 6) is 2.14. The van der Waals surface area contributed by atoms with Crippen molar-refractivity contribution in [1.29, 1.82) is 0 Å². The maximum absolute atomic E-state index is 6.27. The fraction of sp³-hybridized carbons (Fsp3) is 0.538. The first-order valence-electron chi connectivity index (χ1n) is 12.3. The number of hydrogen-bond acceptors (Lipinski definition) is 7. The third-order valence-corrected chi connectivity index (χ3v) is 7.07. The lowest BCUT2D eigenvalue weighted by molar-refractivity contribution is 0.184. The van der Waals surface area contributed by atoms with E-state index in [1.165, 1.54) is 11.1 Å². The summed E-state index contributed by atoms with van der Waals surface area (Å²) in [5, 5.41) is 3.61. The Kier molecular flexibility index (Phi) is 6.25. The lowest BCUT2D eigenvalue weighted by atomic mass is 9.92. The van der Waals surface area contributed by atoms with Gasteiger partial charge in [0.1, 0.15) is 5.84 Å². The van der Waals surface area contributed by atoms with Crippen LogP contribution in [0.15, 0.2) is 66.8 Å². The second-order valence-corrected chi connectivity index (χ2v) is 9.98. The number of nitrogens with zero attached hydrogens (tertiary/aromatic N) is 5. The van der Waals surface area contributed by atoms with E-state index < -0.39 is 0 Å². The second kappa shape index (κ2) is 9.31. The zero-order valence-corrected chi connectivity index (χ0v) is 20.0. The average molecular weight is 446 g/mol. The molecule has 5 rings (SSSR count). The molecule has 1 fully saturated rings. The molecule has 5 aliphatic rings. The third-order valence-electron chi connectivity index (χ3n) is 7.07. The molecular formula is C26H35N7. The summed E-state index contributed by atoms with van der Waals surface area (Å²) in [6.45, 7) is 9.49. The molecule has 174 valence electrons. The number of guanidine groups is 1. The zero-order valence-electron chi connectivity index (χ0n) is 20.0. The van der Waals surface area contributed by atoms with E-state index in [9.17, 15) is 0 Å². The molecule has 7 heteroatoms. The number of fused-ring (bicyclic) bond motifs is 2. The number of allylic oxidation sites excluding steroid dienone is 8. The Morgan fingerprint density at radius 3 is 2.27 bits per heavy atom. The number of nitrogens with two attached hydrogens (primary N) is 1. The highest BCUT2D eigenvalue weighted by Gasteiger charge is 2.27. The number of likely N-dealkylation sites (tertiary alicyclic amines) is 1. The van der Waals surface area contributed by atoms with E-state index >= 15 is 0 Å². The van der Waals surface area contributed by atoms with Gasteiger partial charge in [-0.2, -0.15) is 0 Å². The highest BCUT2D eigenvalue weighted by molar-refractivity contribution is 6.15. The van der Waals surface area contributed by atoms with E-state index in [1.807, 2.05) is 6.92 Å². The van der Waals surface area contributed by atoms with Crippen LogP contribution < -0.4 is 11.1 Å². The van der Waals surface area contributed by atoms with E-state index in [0.29, 0.717) is 12.0 Å². The Hall–Kier alpha value is -2.64. The molecule has 0 aromatic heterocycles. The minimum Gasteiger partial charge on any atom is -0.351 e. The monoisotopic (exact) mass is 445 g/mol. The molecule has 0 amide bonds. The van der Waals surface area contributed by atoms with Crippen molar-refractivity contribution in [2.24, 2.45) is 31.6 Å². The van der Waals surface area contributed by atoms with Crippen LogP contribution in [0, 0.1) is 5.92 Å². The van der Waals surface area contributed by atoms with E-state index in [-0.39, 0.29) is 6.04 Å². The predicted molar refractivity (Wildman–Crippen MR) is 137 cm³/mol. The van der Waals surface area contributed by atoms with Crippen LogP contribution in [0.3, 0.4) is 0 Å². The van der Waals surface area contributed by atoms with Crippen molar-refractivity contribution in [3.63, 3.8) is 0 Å². The summed E-state index contributed by atoms with van der Waals surface area (Å²) in [7, 11) is 0. The van der Waals surface area contributed by atoms with Gasteiger partial charge in [-0.25, -0.2) is 20.0 Å². The standard InChI is InChI=1S/C26H35N7/c1-16(2)21(27)15-33-12-10-20(11-13-33)30-26-31-23-9-5-7-19(25(23)32-26)14-18-6-4-8-22-24(18)29-17(3)28-22/h4-7,16,20-21H,8-15,27H2,1-3H3,(H,30,32). The number of rotatable bonds is 6. The van der Waals surface area contributed by atoms with Crippen molar-refractivity contribution in [3.05, 3.63) is 46.8 Å². The third kappa shape index (κ3) is 4.84. The molecule has 0 spiro atoms. The molecule has 1 atom stereocenters. The van der Waals surface area contributed by atoms with Gasteiger partial charge in [0.25, 0.3) is 0 Å². The van der Waals surface area contributed by atoms with Crippen molar-refractivity contribution in [3.8, 4) is 0 Å². The van der Waals surface area contributed by atoms with Crippen LogP contribution in [0.5, 0.6) is 0 Å². The van der Waals surface area contributed by atoms with E-state index in [2.05, 4.69) is 58.4 Å². The normalized spacial score (nSPS) is 24.0. The SMILES string of the molecule is CC1=NC2=C(CC3=C4N=C(NC5CCN(CC(N)C(C)C)CC5)N=C4CC=C3)C=CCC2=N1. The van der Waals surface area contributed by atoms with Gasteiger partial charge < -0.3 is 16.0 Å². The van der Waals surface area contributed by atoms with Crippen LogP contribution >= 0.6 is 0 Å². The van der Waals surface area contributed by atoms with Crippen LogP contribution in [0.1, 0.15) is 52.9 Å². The lowest BCUT2D eigenvalue weighted by Crippen LogP contribution is -2.48. The molecule has 0 bridgehead atoms. The molecule has 33 heavy (non-hydrogen) atoms. The van der Waals surface area contributed by atoms with Crippen LogP contribution in [-0.4, -0.2) is 59.8 Å². The quantitative estimate of drug-likeness (QED) is 0.655. The molecule has 3 aliphatic heterocycles. The molecule has 0 radical (unpaired) electrons. The van der Waals surface area contributed by atoms with E-state index in [4.69, 9.17) is 15.7 Å². The van der Waals surface area contributed by atoms with Gasteiger partial charge in [-0.3, -0.25) is 0 Å². The van der Waals surface area contributed by atoms with Gasteiger partial charge in [-0.15, -0.1) is 0 Å². The summed E-state index contributed by atoms with van der Waals surface area (Å²) in [5.41, 5.74) is 12.9. The molecule has 1 unspecified atom stereocenters. The number of piperidine rings is 1. The van der Waals surface area contributed by atoms with Crippen molar-refractivity contribution in [1.82, 2.24) is 10.2 Å². The summed E-state index contributed by atoms with van der Waals surface area (Å²) in [6, 6.07) is 0.662. The summed E-state index contributed by atoms with van der Waals surface area (Å²) >= 11 is 0. The maximum Gasteiger partial charge on any atom is 0.223 e. The van der Waals surface area contributed by atoms with Crippen molar-refractivity contribution in [2.45, 2.75) is 65.0 Å². The van der Waals surface area contributed by atoms with Crippen molar-refractivity contribution < 1.29 is 0 Å². The largest absolute Gasteiger partial charge is 0.351 e. The molecule has 3 heterocycles. The Morgan fingerprint density at radius 2 is 1.61 bits per heavy atom. The Morgan fingerprint density at radius 1 is 0.970 bits per heavy atom. The van der Waals surface area contributed by atoms with Gasteiger partial charge in [0.05, 0.1) is 22.8 Å². The fourth-order valence-corrected chi connectivity index (χ4v) is 4.96. The second-order valence-electron chi connectivity index (χ2n) is 9.98. The number of aliphatic imine (C=N–C) groups is 4. The van der Waals surface area contributed by atoms with E-state index in [1.54, 1.807) is 0 Å². The Labute approximate surface area is 196 Å². The summed E-state index contributed by atoms with van der Waals surface area (Å²) < 4.78 is 0. The van der Waals surface area contributed by atoms with Crippen LogP contribution in [-0.2, 0) is 0 Å². The van der Waals surface area contributed by atoms with Gasteiger partial charge in [0.2, 0.25) is 5.96 Å². The summed E-state index contributed by atoms with van der Waals surface area (Å²) in [6.07, 6.45) is 13.5. The molecule has 0 saturated carbocycles. The molecule has 0 aromatic rings. The fourth-order valence-electron chi connectivity index (χ4n) is 4.96. The minimum atomic E-state index is 0.248. The molecule has 1 saturated heterocycles. The van der Waals surface area contributed by atoms with Crippen LogP contribution in [0.25, 0.3) is 0 Å². The molecule has 0 aromatic carbocycles. The first kappa shape index (κ1) is 22.2. The lowest BCUT2D eigenvalue weighted by Gasteiger charge is -2.34. The highest BCUT2D eigenvalue weighted by Crippen LogP contribution is 2.32. The number of nitrogens with one attached hydrogen (secondary N) is 1. The smallest absolute Gasteiger partial charge is 0.223 e. The molecule has 2 aliphatic carbocycles. The number of hydrogen-bond donors (Lipinski definition) is 2. The van der Waals surface area contributed by atoms with Gasteiger partial charge >= 0.3 is 0 Å². The van der Waals surface area contributed by atoms with Gasteiger partial charge in [-0.1, -0.05) is 38.2 Å². The predicted octanol–water partition coefficient (Wildman–Crippen LogP) is 3.53. The average Bonchev–Trinajstić information content (AvgIpc) is 3.38. The van der Waals surface area contributed by atoms with Gasteiger partial charge in [0.15, 0.2) is 0 Å². The Balaban J connectivity index is 1.25. The summed E-state index contributed by atoms with van der Waals surface area (Å²) in [4.78, 5) is 21.5. The first-order chi connectivity index (χ1) is 16.0. The Bertz CT molecular complexity index is 1060. The minimum absolute atomic E-state index is 0.248. The highest BCUT2D eigenvalue weighted by atomic mass is 15.2. The van der Waals surface area contributed by atoms with Gasteiger partial charge in [0, 0.05) is 51.0 Å². The van der Waals surface area contributed by atoms with Crippen molar-refractivity contribution in [2.75, 3.05) is 19.6 Å². The van der Waals surface area contributed by atoms with Crippen LogP contribution in [0.2, 0.25) is 0 Å². The van der Waals surface area contributed by atoms with E-state index in [0.717, 1.165) is 86.4 Å². The molecule has 3 N–H and O–H groups in total. The van der Waals surface area contributed by atoms with Gasteiger partial charge in [-0.05, 0) is 36.8 Å². The number of amidine groups is 1. The van der Waals surface area contributed by atoms with Crippen molar-refractivity contribution >= 4 is 23.2 Å². The maximum atomic E-state index is 6.27. The molecule has 7 nitrogen and oxygen atoms in total. The molecular weight excluding hydrogens is 410 g/mol. The zero-order chi connectivity index (χ0) is 22.9. The first-order valence-corrected chi connectivity index (χ1v) is 12.3. The topological polar surface area (TPSA) is 90.7 Å².